The molecule has 0 saturated carbocycles. The molecule has 10 heteroatoms. The molecule has 2 atom stereocenters. The second kappa shape index (κ2) is 14.3. The molecule has 0 radical (unpaired) electrons. The minimum absolute atomic E-state index is 0.189. The molecule has 0 aliphatic heterocycles. The van der Waals surface area contributed by atoms with Gasteiger partial charge < -0.3 is 32.3 Å². The number of benzene rings is 2. The van der Waals surface area contributed by atoms with E-state index in [9.17, 15) is 19.2 Å². The summed E-state index contributed by atoms with van der Waals surface area (Å²) in [5.74, 6) is -0.470. The quantitative estimate of drug-likeness (QED) is 0.177. The lowest BCUT2D eigenvalue weighted by Crippen LogP contribution is -2.44. The van der Waals surface area contributed by atoms with Crippen LogP contribution in [-0.4, -0.2) is 49.9 Å². The fourth-order valence-corrected chi connectivity index (χ4v) is 3.33. The van der Waals surface area contributed by atoms with Crippen molar-refractivity contribution in [1.29, 1.82) is 0 Å². The van der Waals surface area contributed by atoms with E-state index in [1.165, 1.54) is 0 Å². The Morgan fingerprint density at radius 2 is 1.62 bits per heavy atom. The maximum Gasteiger partial charge on any atom is 0.312 e. The number of primary amides is 1. The van der Waals surface area contributed by atoms with Gasteiger partial charge in [-0.15, -0.1) is 0 Å². The molecule has 10 nitrogen and oxygen atoms in total. The van der Waals surface area contributed by atoms with Gasteiger partial charge in [-0.25, -0.2) is 4.79 Å². The van der Waals surface area contributed by atoms with E-state index in [1.807, 2.05) is 30.3 Å². The van der Waals surface area contributed by atoms with Crippen molar-refractivity contribution in [2.45, 2.75) is 37.9 Å². The number of carbonyl (C=O) groups excluding carboxylic acids is 4. The van der Waals surface area contributed by atoms with Crippen LogP contribution >= 0.6 is 0 Å². The molecule has 0 bridgehead atoms. The van der Waals surface area contributed by atoms with Crippen LogP contribution in [0.25, 0.3) is 0 Å². The largest absolute Gasteiger partial charge is 0.352 e. The number of hydrogen-bond donors (Lipinski definition) is 6. The van der Waals surface area contributed by atoms with Crippen LogP contribution in [0.1, 0.15) is 24.0 Å². The van der Waals surface area contributed by atoms with Gasteiger partial charge in [0.15, 0.2) is 0 Å². The van der Waals surface area contributed by atoms with Crippen molar-refractivity contribution in [3.8, 4) is 0 Å². The third-order valence-electron chi connectivity index (χ3n) is 5.19. The number of rotatable bonds is 14. The third kappa shape index (κ3) is 9.29. The van der Waals surface area contributed by atoms with Crippen LogP contribution < -0.4 is 32.3 Å². The lowest BCUT2D eigenvalue weighted by molar-refractivity contribution is -0.125. The van der Waals surface area contributed by atoms with Gasteiger partial charge in [-0.1, -0.05) is 42.5 Å². The van der Waals surface area contributed by atoms with E-state index in [2.05, 4.69) is 26.6 Å². The molecule has 0 spiro atoms. The van der Waals surface area contributed by atoms with Crippen molar-refractivity contribution in [3.63, 3.8) is 0 Å². The molecular weight excluding hydrogens is 436 g/mol. The molecular formula is C24H32N6O4. The van der Waals surface area contributed by atoms with Gasteiger partial charge in [0.2, 0.25) is 18.2 Å². The summed E-state index contributed by atoms with van der Waals surface area (Å²) in [6.07, 6.45) is 2.05. The highest BCUT2D eigenvalue weighted by molar-refractivity contribution is 5.94. The van der Waals surface area contributed by atoms with Crippen LogP contribution in [0, 0.1) is 0 Å². The van der Waals surface area contributed by atoms with Crippen LogP contribution in [0.5, 0.6) is 0 Å². The van der Waals surface area contributed by atoms with Crippen LogP contribution in [-0.2, 0) is 27.3 Å². The van der Waals surface area contributed by atoms with E-state index in [0.29, 0.717) is 37.9 Å². The number of amides is 5. The maximum atomic E-state index is 12.6. The number of nitrogens with two attached hydrogens (primary N) is 1. The molecule has 0 aliphatic carbocycles. The molecule has 5 amide bonds. The Balaban J connectivity index is 1.83. The molecule has 2 rings (SSSR count). The summed E-state index contributed by atoms with van der Waals surface area (Å²) in [5, 5.41) is 13.7. The van der Waals surface area contributed by atoms with Crippen LogP contribution in [0.2, 0.25) is 0 Å². The van der Waals surface area contributed by atoms with Gasteiger partial charge in [-0.3, -0.25) is 14.4 Å². The van der Waals surface area contributed by atoms with Gasteiger partial charge in [0, 0.05) is 25.2 Å². The Bertz CT molecular complexity index is 936. The Morgan fingerprint density at radius 1 is 0.912 bits per heavy atom. The Hall–Kier alpha value is -3.92. The lowest BCUT2D eigenvalue weighted by atomic mass is 10.1. The maximum absolute atomic E-state index is 12.6. The number of hydrogen-bond acceptors (Lipinski definition) is 5. The molecule has 34 heavy (non-hydrogen) atoms. The standard InChI is InChI=1S/C24H32N6O4/c1-26-20(8-5-13-27-24(25)34)23(33)30-19-11-9-18(10-12-19)15-28-22(32)21(29-16-31)14-17-6-3-2-4-7-17/h2-4,6-7,9-12,16,20-21,26H,5,8,13-15H2,1H3,(H,28,32)(H,29,31)(H,30,33)(H3,25,27,34). The van der Waals surface area contributed by atoms with Gasteiger partial charge in [0.1, 0.15) is 6.04 Å². The highest BCUT2D eigenvalue weighted by atomic mass is 16.2. The fourth-order valence-electron chi connectivity index (χ4n) is 3.33. The molecule has 0 saturated heterocycles. The average Bonchev–Trinajstić information content (AvgIpc) is 2.83. The van der Waals surface area contributed by atoms with Crippen molar-refractivity contribution in [2.24, 2.45) is 5.73 Å². The second-order valence-corrected chi connectivity index (χ2v) is 7.71. The van der Waals surface area contributed by atoms with E-state index in [1.54, 1.807) is 31.3 Å². The Labute approximate surface area is 199 Å². The monoisotopic (exact) mass is 468 g/mol. The lowest BCUT2D eigenvalue weighted by Gasteiger charge is -2.17. The molecule has 0 fully saturated rings. The van der Waals surface area contributed by atoms with E-state index in [0.717, 1.165) is 11.1 Å². The molecule has 0 heterocycles. The van der Waals surface area contributed by atoms with E-state index in [-0.39, 0.29) is 18.4 Å². The molecule has 2 unspecified atom stereocenters. The third-order valence-corrected chi connectivity index (χ3v) is 5.19. The summed E-state index contributed by atoms with van der Waals surface area (Å²) >= 11 is 0. The smallest absolute Gasteiger partial charge is 0.312 e. The minimum Gasteiger partial charge on any atom is -0.352 e. The van der Waals surface area contributed by atoms with Crippen molar-refractivity contribution in [1.82, 2.24) is 21.3 Å². The van der Waals surface area contributed by atoms with Gasteiger partial charge >= 0.3 is 6.03 Å². The van der Waals surface area contributed by atoms with Gasteiger partial charge in [-0.2, -0.15) is 0 Å². The number of urea groups is 1. The van der Waals surface area contributed by atoms with Crippen molar-refractivity contribution < 1.29 is 19.2 Å². The molecule has 7 N–H and O–H groups in total. The van der Waals surface area contributed by atoms with E-state index in [4.69, 9.17) is 5.73 Å². The number of likely N-dealkylation sites (N-methyl/N-ethyl adjacent to an activating group) is 1. The first-order valence-electron chi connectivity index (χ1n) is 11.0. The first kappa shape index (κ1) is 26.3. The first-order chi connectivity index (χ1) is 16.4. The van der Waals surface area contributed by atoms with Gasteiger partial charge in [0.25, 0.3) is 0 Å². The van der Waals surface area contributed by atoms with Crippen molar-refractivity contribution in [3.05, 3.63) is 65.7 Å². The normalized spacial score (nSPS) is 12.1. The van der Waals surface area contributed by atoms with Crippen LogP contribution in [0.15, 0.2) is 54.6 Å². The number of carbonyl (C=O) groups is 4. The predicted octanol–water partition coefficient (Wildman–Crippen LogP) is 0.635. The summed E-state index contributed by atoms with van der Waals surface area (Å²) in [6.45, 7) is 0.681. The van der Waals surface area contributed by atoms with Crippen LogP contribution in [0.4, 0.5) is 10.5 Å². The molecule has 0 aliphatic rings. The molecule has 2 aromatic rings. The average molecular weight is 469 g/mol. The van der Waals surface area contributed by atoms with E-state index < -0.39 is 18.1 Å². The fraction of sp³-hybridized carbons (Fsp3) is 0.333. The predicted molar refractivity (Wildman–Crippen MR) is 130 cm³/mol. The summed E-state index contributed by atoms with van der Waals surface area (Å²) in [7, 11) is 1.70. The van der Waals surface area contributed by atoms with Crippen molar-refractivity contribution >= 4 is 29.9 Å². The van der Waals surface area contributed by atoms with Crippen molar-refractivity contribution in [2.75, 3.05) is 18.9 Å². The molecule has 2 aromatic carbocycles. The number of anilines is 1. The SMILES string of the molecule is CNC(CCCNC(N)=O)C(=O)Nc1ccc(CNC(=O)C(Cc2ccccc2)NC=O)cc1. The zero-order chi connectivity index (χ0) is 24.8. The van der Waals surface area contributed by atoms with Gasteiger partial charge in [0.05, 0.1) is 6.04 Å². The highest BCUT2D eigenvalue weighted by Crippen LogP contribution is 2.11. The summed E-state index contributed by atoms with van der Waals surface area (Å²) in [5.41, 5.74) is 7.44. The first-order valence-corrected chi connectivity index (χ1v) is 11.0. The molecule has 182 valence electrons. The van der Waals surface area contributed by atoms with Crippen LogP contribution in [0.3, 0.4) is 0 Å². The Morgan fingerprint density at radius 3 is 2.24 bits per heavy atom. The summed E-state index contributed by atoms with van der Waals surface area (Å²) < 4.78 is 0. The minimum atomic E-state index is -0.671. The molecule has 0 aromatic heterocycles. The second-order valence-electron chi connectivity index (χ2n) is 7.71. The summed E-state index contributed by atoms with van der Waals surface area (Å²) in [4.78, 5) is 46.7. The van der Waals surface area contributed by atoms with E-state index >= 15 is 0 Å². The van der Waals surface area contributed by atoms with Gasteiger partial charge in [-0.05, 0) is 43.1 Å². The number of nitrogens with one attached hydrogen (secondary N) is 5. The zero-order valence-electron chi connectivity index (χ0n) is 19.2. The highest BCUT2D eigenvalue weighted by Gasteiger charge is 2.18. The topological polar surface area (TPSA) is 154 Å². The summed E-state index contributed by atoms with van der Waals surface area (Å²) in [6, 6.07) is 14.9. The zero-order valence-corrected chi connectivity index (χ0v) is 19.2. The Kier molecular flexibility index (Phi) is 11.1.